The van der Waals surface area contributed by atoms with Crippen molar-refractivity contribution in [2.24, 2.45) is 10.2 Å². The summed E-state index contributed by atoms with van der Waals surface area (Å²) >= 11 is 0. The third kappa shape index (κ3) is 2.64. The number of hydrogen-bond acceptors (Lipinski definition) is 4. The largest absolute Gasteiger partial charge is 0.381 e. The smallest absolute Gasteiger partial charge is 0.185 e. The van der Waals surface area contributed by atoms with Crippen LogP contribution in [0.5, 0.6) is 0 Å². The molecule has 0 unspecified atom stereocenters. The maximum Gasteiger partial charge on any atom is 0.185 e. The molecule has 83 valence electrons. The van der Waals surface area contributed by atoms with Crippen LogP contribution in [0.2, 0.25) is 0 Å². The van der Waals surface area contributed by atoms with Gasteiger partial charge in [0.05, 0.1) is 6.61 Å². The Balaban J connectivity index is 1.86. The Morgan fingerprint density at radius 2 is 2.25 bits per heavy atom. The van der Waals surface area contributed by atoms with Crippen molar-refractivity contribution in [2.45, 2.75) is 13.3 Å². The highest BCUT2D eigenvalue weighted by atomic mass is 16.5. The van der Waals surface area contributed by atoms with Crippen molar-refractivity contribution in [3.05, 3.63) is 30.1 Å². The molecule has 0 aliphatic carbocycles. The highest BCUT2D eigenvalue weighted by Crippen LogP contribution is 2.05. The van der Waals surface area contributed by atoms with E-state index in [1.54, 1.807) is 12.4 Å². The van der Waals surface area contributed by atoms with Crippen LogP contribution in [0, 0.1) is 0 Å². The Morgan fingerprint density at radius 3 is 3.00 bits per heavy atom. The predicted octanol–water partition coefficient (Wildman–Crippen LogP) is 1.19. The summed E-state index contributed by atoms with van der Waals surface area (Å²) in [7, 11) is 0. The fraction of sp³-hybridized carbons (Fsp3) is 0.364. The normalized spacial score (nSPS) is 14.3. The highest BCUT2D eigenvalue weighted by molar-refractivity contribution is 6.11. The van der Waals surface area contributed by atoms with Gasteiger partial charge in [-0.3, -0.25) is 4.98 Å². The number of rotatable bonds is 5. The maximum atomic E-state index is 5.23. The Kier molecular flexibility index (Phi) is 3.61. The molecule has 0 N–H and O–H groups in total. The molecular weight excluding hydrogens is 204 g/mol. The predicted molar refractivity (Wildman–Crippen MR) is 61.5 cm³/mol. The van der Waals surface area contributed by atoms with Crippen LogP contribution in [0.4, 0.5) is 0 Å². The zero-order valence-corrected chi connectivity index (χ0v) is 9.13. The van der Waals surface area contributed by atoms with Crippen LogP contribution in [0.3, 0.4) is 0 Å². The summed E-state index contributed by atoms with van der Waals surface area (Å²) in [5.74, 6) is 1.34. The van der Waals surface area contributed by atoms with Crippen LogP contribution in [0.25, 0.3) is 0 Å². The van der Waals surface area contributed by atoms with Crippen LogP contribution in [-0.4, -0.2) is 29.9 Å². The Hall–Kier alpha value is -1.75. The van der Waals surface area contributed by atoms with E-state index in [4.69, 9.17) is 4.74 Å². The van der Waals surface area contributed by atoms with Gasteiger partial charge in [-0.2, -0.15) is 0 Å². The Bertz CT molecular complexity index is 400. The van der Waals surface area contributed by atoms with Gasteiger partial charge in [-0.15, -0.1) is 10.2 Å². The van der Waals surface area contributed by atoms with Gasteiger partial charge in [0.2, 0.25) is 0 Å². The van der Waals surface area contributed by atoms with Crippen LogP contribution >= 0.6 is 0 Å². The van der Waals surface area contributed by atoms with E-state index in [0.29, 0.717) is 31.3 Å². The third-order valence-electron chi connectivity index (χ3n) is 2.09. The lowest BCUT2D eigenvalue weighted by molar-refractivity contribution is 0.155. The van der Waals surface area contributed by atoms with Gasteiger partial charge in [0, 0.05) is 31.0 Å². The van der Waals surface area contributed by atoms with Gasteiger partial charge in [-0.1, -0.05) is 0 Å². The first-order valence-corrected chi connectivity index (χ1v) is 5.24. The van der Waals surface area contributed by atoms with Gasteiger partial charge >= 0.3 is 0 Å². The van der Waals surface area contributed by atoms with Gasteiger partial charge in [0.25, 0.3) is 0 Å². The number of hydrogen-bond donors (Lipinski definition) is 0. The SMILES string of the molecule is CCOCCC1=NN=C(c2cccnc2)[N]1. The topological polar surface area (TPSA) is 60.9 Å². The minimum atomic E-state index is 0.625. The number of amidine groups is 2. The molecule has 5 nitrogen and oxygen atoms in total. The summed E-state index contributed by atoms with van der Waals surface area (Å²) in [5, 5.41) is 12.3. The van der Waals surface area contributed by atoms with E-state index >= 15 is 0 Å². The van der Waals surface area contributed by atoms with E-state index in [2.05, 4.69) is 20.5 Å². The molecule has 0 saturated heterocycles. The minimum Gasteiger partial charge on any atom is -0.381 e. The monoisotopic (exact) mass is 217 g/mol. The highest BCUT2D eigenvalue weighted by Gasteiger charge is 2.14. The van der Waals surface area contributed by atoms with Crippen molar-refractivity contribution in [3.8, 4) is 0 Å². The zero-order chi connectivity index (χ0) is 11.2. The molecule has 1 aromatic heterocycles. The molecule has 0 saturated carbocycles. The molecule has 1 aliphatic heterocycles. The summed E-state index contributed by atoms with van der Waals surface area (Å²) in [4.78, 5) is 4.01. The first-order chi connectivity index (χ1) is 7.90. The summed E-state index contributed by atoms with van der Waals surface area (Å²) < 4.78 is 5.23. The number of aromatic nitrogens is 1. The molecule has 2 rings (SSSR count). The quantitative estimate of drug-likeness (QED) is 0.695. The van der Waals surface area contributed by atoms with Gasteiger partial charge in [0.1, 0.15) is 0 Å². The van der Waals surface area contributed by atoms with E-state index in [-0.39, 0.29) is 0 Å². The van der Waals surface area contributed by atoms with Crippen LogP contribution in [0.15, 0.2) is 34.7 Å². The molecule has 0 bridgehead atoms. The van der Waals surface area contributed by atoms with E-state index in [1.165, 1.54) is 0 Å². The van der Waals surface area contributed by atoms with Crippen molar-refractivity contribution in [3.63, 3.8) is 0 Å². The third-order valence-corrected chi connectivity index (χ3v) is 2.09. The van der Waals surface area contributed by atoms with Crippen LogP contribution < -0.4 is 5.32 Å². The van der Waals surface area contributed by atoms with E-state index < -0.39 is 0 Å². The molecule has 0 spiro atoms. The average Bonchev–Trinajstić information content (AvgIpc) is 2.79. The minimum absolute atomic E-state index is 0.625. The van der Waals surface area contributed by atoms with Crippen LogP contribution in [-0.2, 0) is 4.74 Å². The zero-order valence-electron chi connectivity index (χ0n) is 9.13. The van der Waals surface area contributed by atoms with E-state index in [9.17, 15) is 0 Å². The molecule has 1 radical (unpaired) electrons. The van der Waals surface area contributed by atoms with Crippen molar-refractivity contribution < 1.29 is 4.74 Å². The van der Waals surface area contributed by atoms with Crippen molar-refractivity contribution in [1.29, 1.82) is 0 Å². The first-order valence-electron chi connectivity index (χ1n) is 5.24. The fourth-order valence-electron chi connectivity index (χ4n) is 1.30. The van der Waals surface area contributed by atoms with Crippen molar-refractivity contribution in [1.82, 2.24) is 10.3 Å². The molecule has 0 atom stereocenters. The molecule has 0 aromatic carbocycles. The molecule has 0 fully saturated rings. The number of pyridine rings is 1. The number of nitrogens with zero attached hydrogens (tertiary/aromatic N) is 4. The molecular formula is C11H13N4O. The lowest BCUT2D eigenvalue weighted by Crippen LogP contribution is -2.20. The first kappa shape index (κ1) is 10.8. The molecule has 0 amide bonds. The average molecular weight is 217 g/mol. The second-order valence-corrected chi connectivity index (χ2v) is 3.24. The number of ether oxygens (including phenoxy) is 1. The summed E-state index contributed by atoms with van der Waals surface area (Å²) in [5.41, 5.74) is 0.887. The second-order valence-electron chi connectivity index (χ2n) is 3.24. The fourth-order valence-corrected chi connectivity index (χ4v) is 1.30. The van der Waals surface area contributed by atoms with E-state index in [1.807, 2.05) is 19.1 Å². The Morgan fingerprint density at radius 1 is 1.31 bits per heavy atom. The lowest BCUT2D eigenvalue weighted by Gasteiger charge is -2.01. The molecule has 1 aliphatic rings. The van der Waals surface area contributed by atoms with Gasteiger partial charge in [-0.25, -0.2) is 5.32 Å². The summed E-state index contributed by atoms with van der Waals surface area (Å²) in [6.45, 7) is 3.31. The van der Waals surface area contributed by atoms with E-state index in [0.717, 1.165) is 5.56 Å². The van der Waals surface area contributed by atoms with Crippen molar-refractivity contribution >= 4 is 11.7 Å². The van der Waals surface area contributed by atoms with Crippen molar-refractivity contribution in [2.75, 3.05) is 13.2 Å². The summed E-state index contributed by atoms with van der Waals surface area (Å²) in [6.07, 6.45) is 4.14. The maximum absolute atomic E-state index is 5.23. The van der Waals surface area contributed by atoms with Gasteiger partial charge < -0.3 is 4.74 Å². The Labute approximate surface area is 94.3 Å². The molecule has 2 heterocycles. The van der Waals surface area contributed by atoms with Gasteiger partial charge in [-0.05, 0) is 19.1 Å². The standard InChI is InChI=1S/C11H13N4O/c1-2-16-7-5-10-13-11(15-14-10)9-4-3-6-12-8-9/h3-4,6,8H,2,5,7H2,1H3. The lowest BCUT2D eigenvalue weighted by atomic mass is 10.2. The van der Waals surface area contributed by atoms with Crippen LogP contribution in [0.1, 0.15) is 18.9 Å². The second kappa shape index (κ2) is 5.37. The molecule has 5 heteroatoms. The molecule has 1 aromatic rings. The molecule has 16 heavy (non-hydrogen) atoms. The summed E-state index contributed by atoms with van der Waals surface area (Å²) in [6, 6.07) is 3.77. The van der Waals surface area contributed by atoms with Gasteiger partial charge in [0.15, 0.2) is 11.7 Å².